The summed E-state index contributed by atoms with van der Waals surface area (Å²) in [6.45, 7) is 0. The number of benzene rings is 3. The maximum Gasteiger partial charge on any atom is 0.115 e. The molecule has 1 unspecified atom stereocenters. The Labute approximate surface area is 136 Å². The predicted octanol–water partition coefficient (Wildman–Crippen LogP) is 3.66. The molecule has 0 aliphatic carbocycles. The van der Waals surface area contributed by atoms with Crippen LogP contribution in [0.15, 0.2) is 72.8 Å². The van der Waals surface area contributed by atoms with Crippen LogP contribution in [0, 0.1) is 0 Å². The van der Waals surface area contributed by atoms with Crippen molar-refractivity contribution in [2.24, 2.45) is 0 Å². The van der Waals surface area contributed by atoms with Gasteiger partial charge in [-0.15, -0.1) is 0 Å². The Balaban J connectivity index is 2.10. The first kappa shape index (κ1) is 15.4. The summed E-state index contributed by atoms with van der Waals surface area (Å²) in [5, 5.41) is 19.9. The molecule has 0 fully saturated rings. The SMILES string of the molecule is O=[PH2]c1ccc(C(c2ccc(O)cc2)c2ccc(O)cc2)cc1. The van der Waals surface area contributed by atoms with Gasteiger partial charge in [0.2, 0.25) is 0 Å². The fraction of sp³-hybridized carbons (Fsp3) is 0.0526. The van der Waals surface area contributed by atoms with E-state index in [1.54, 1.807) is 24.3 Å². The second kappa shape index (κ2) is 6.72. The largest absolute Gasteiger partial charge is 0.508 e. The number of phenols is 2. The van der Waals surface area contributed by atoms with E-state index in [0.717, 1.165) is 22.0 Å². The van der Waals surface area contributed by atoms with Gasteiger partial charge in [0, 0.05) is 11.2 Å². The van der Waals surface area contributed by atoms with Gasteiger partial charge >= 0.3 is 0 Å². The molecular weight excluding hydrogens is 307 g/mol. The van der Waals surface area contributed by atoms with E-state index in [1.165, 1.54) is 0 Å². The normalized spacial score (nSPS) is 11.3. The summed E-state index contributed by atoms with van der Waals surface area (Å²) < 4.78 is 11.1. The van der Waals surface area contributed by atoms with E-state index in [4.69, 9.17) is 0 Å². The lowest BCUT2D eigenvalue weighted by atomic mass is 9.85. The molecule has 116 valence electrons. The average Bonchev–Trinajstić information content (AvgIpc) is 2.59. The summed E-state index contributed by atoms with van der Waals surface area (Å²) in [5.74, 6) is 0.430. The second-order valence-electron chi connectivity index (χ2n) is 5.40. The second-order valence-corrected chi connectivity index (χ2v) is 6.30. The van der Waals surface area contributed by atoms with Crippen LogP contribution in [-0.4, -0.2) is 10.2 Å². The Hall–Kier alpha value is -2.51. The molecule has 0 aromatic heterocycles. The minimum Gasteiger partial charge on any atom is -0.508 e. The molecule has 0 spiro atoms. The molecule has 0 saturated carbocycles. The first-order chi connectivity index (χ1) is 11.2. The highest BCUT2D eigenvalue weighted by molar-refractivity contribution is 7.34. The smallest absolute Gasteiger partial charge is 0.115 e. The van der Waals surface area contributed by atoms with Gasteiger partial charge in [0.05, 0.1) is 8.46 Å². The predicted molar refractivity (Wildman–Crippen MR) is 93.6 cm³/mol. The van der Waals surface area contributed by atoms with Gasteiger partial charge in [0.25, 0.3) is 0 Å². The molecule has 3 rings (SSSR count). The van der Waals surface area contributed by atoms with Crippen LogP contribution in [0.5, 0.6) is 11.5 Å². The first-order valence-electron chi connectivity index (χ1n) is 7.30. The topological polar surface area (TPSA) is 57.5 Å². The third kappa shape index (κ3) is 3.46. The molecule has 3 nitrogen and oxygen atoms in total. The van der Waals surface area contributed by atoms with Gasteiger partial charge < -0.3 is 14.8 Å². The molecule has 23 heavy (non-hydrogen) atoms. The van der Waals surface area contributed by atoms with E-state index in [9.17, 15) is 14.8 Å². The Morgan fingerprint density at radius 3 is 1.30 bits per heavy atom. The van der Waals surface area contributed by atoms with Crippen LogP contribution in [-0.2, 0) is 4.57 Å². The number of aromatic hydroxyl groups is 2. The van der Waals surface area contributed by atoms with Gasteiger partial charge in [0.1, 0.15) is 11.5 Å². The number of hydrogen-bond acceptors (Lipinski definition) is 3. The van der Waals surface area contributed by atoms with Crippen LogP contribution in [0.2, 0.25) is 0 Å². The maximum absolute atomic E-state index is 11.1. The molecule has 4 heteroatoms. The summed E-state index contributed by atoms with van der Waals surface area (Å²) in [7, 11) is -0.934. The molecule has 0 bridgehead atoms. The van der Waals surface area contributed by atoms with Crippen molar-refractivity contribution in [1.82, 2.24) is 0 Å². The van der Waals surface area contributed by atoms with E-state index in [1.807, 2.05) is 48.5 Å². The van der Waals surface area contributed by atoms with Gasteiger partial charge in [-0.1, -0.05) is 48.5 Å². The van der Waals surface area contributed by atoms with Gasteiger partial charge in [-0.2, -0.15) is 0 Å². The minimum atomic E-state index is -0.934. The number of phenolic OH excluding ortho intramolecular Hbond substituents is 2. The lowest BCUT2D eigenvalue weighted by Crippen LogP contribution is -2.04. The minimum absolute atomic E-state index is 0.0214. The van der Waals surface area contributed by atoms with Gasteiger partial charge in [-0.25, -0.2) is 0 Å². The third-order valence-corrected chi connectivity index (χ3v) is 4.52. The monoisotopic (exact) mass is 324 g/mol. The zero-order valence-corrected chi connectivity index (χ0v) is 13.5. The standard InChI is InChI=1S/C19H17O3P/c20-16-7-1-13(2-8-16)19(14-3-9-17(21)10-4-14)15-5-11-18(23-22)12-6-15/h1-12,19-21H,23H2. The van der Waals surface area contributed by atoms with Crippen molar-refractivity contribution in [3.05, 3.63) is 89.5 Å². The highest BCUT2D eigenvalue weighted by atomic mass is 31.1. The average molecular weight is 324 g/mol. The van der Waals surface area contributed by atoms with Gasteiger partial charge in [0.15, 0.2) is 0 Å². The van der Waals surface area contributed by atoms with Crippen LogP contribution in [0.1, 0.15) is 22.6 Å². The molecule has 0 amide bonds. The Bertz CT molecular complexity index is 748. The fourth-order valence-corrected chi connectivity index (χ4v) is 3.03. The lowest BCUT2D eigenvalue weighted by molar-refractivity contribution is 0.475. The summed E-state index contributed by atoms with van der Waals surface area (Å²) in [5.41, 5.74) is 3.14. The van der Waals surface area contributed by atoms with E-state index < -0.39 is 8.46 Å². The Kier molecular flexibility index (Phi) is 4.50. The summed E-state index contributed by atoms with van der Waals surface area (Å²) >= 11 is 0. The summed E-state index contributed by atoms with van der Waals surface area (Å²) in [4.78, 5) is 0. The maximum atomic E-state index is 11.1. The molecule has 3 aromatic rings. The Morgan fingerprint density at radius 1 is 0.609 bits per heavy atom. The van der Waals surface area contributed by atoms with Crippen molar-refractivity contribution < 1.29 is 14.8 Å². The Morgan fingerprint density at radius 2 is 0.957 bits per heavy atom. The van der Waals surface area contributed by atoms with Crippen molar-refractivity contribution in [2.75, 3.05) is 0 Å². The molecule has 3 aromatic carbocycles. The summed E-state index contributed by atoms with van der Waals surface area (Å²) in [6, 6.07) is 21.9. The van der Waals surface area contributed by atoms with Gasteiger partial charge in [-0.05, 0) is 41.0 Å². The lowest BCUT2D eigenvalue weighted by Gasteiger charge is -2.19. The fourth-order valence-electron chi connectivity index (χ4n) is 2.68. The number of rotatable bonds is 4. The van der Waals surface area contributed by atoms with E-state index in [-0.39, 0.29) is 17.4 Å². The van der Waals surface area contributed by atoms with Crippen LogP contribution in [0.4, 0.5) is 0 Å². The van der Waals surface area contributed by atoms with Gasteiger partial charge in [-0.3, -0.25) is 0 Å². The molecule has 2 N–H and O–H groups in total. The van der Waals surface area contributed by atoms with Crippen LogP contribution >= 0.6 is 8.46 Å². The highest BCUT2D eigenvalue weighted by Crippen LogP contribution is 2.33. The number of hydrogen-bond donors (Lipinski definition) is 2. The molecule has 0 radical (unpaired) electrons. The first-order valence-corrected chi connectivity index (χ1v) is 8.35. The highest BCUT2D eigenvalue weighted by Gasteiger charge is 2.16. The molecule has 0 saturated heterocycles. The molecule has 1 atom stereocenters. The van der Waals surface area contributed by atoms with Crippen LogP contribution in [0.25, 0.3) is 0 Å². The molecule has 0 aliphatic heterocycles. The molecule has 0 aliphatic rings. The van der Waals surface area contributed by atoms with Crippen molar-refractivity contribution >= 4 is 13.8 Å². The summed E-state index contributed by atoms with van der Waals surface area (Å²) in [6.07, 6.45) is 0. The van der Waals surface area contributed by atoms with E-state index in [0.29, 0.717) is 0 Å². The van der Waals surface area contributed by atoms with Crippen molar-refractivity contribution in [3.8, 4) is 11.5 Å². The van der Waals surface area contributed by atoms with E-state index >= 15 is 0 Å². The molecule has 0 heterocycles. The van der Waals surface area contributed by atoms with Crippen LogP contribution < -0.4 is 5.30 Å². The van der Waals surface area contributed by atoms with Crippen molar-refractivity contribution in [3.63, 3.8) is 0 Å². The third-order valence-electron chi connectivity index (χ3n) is 3.86. The zero-order valence-electron chi connectivity index (χ0n) is 12.4. The quantitative estimate of drug-likeness (QED) is 0.569. The van der Waals surface area contributed by atoms with Crippen LogP contribution in [0.3, 0.4) is 0 Å². The van der Waals surface area contributed by atoms with E-state index in [2.05, 4.69) is 0 Å². The van der Waals surface area contributed by atoms with Crippen molar-refractivity contribution in [1.29, 1.82) is 0 Å². The molecular formula is C19H17O3P. The zero-order chi connectivity index (χ0) is 16.2. The van der Waals surface area contributed by atoms with Crippen molar-refractivity contribution in [2.45, 2.75) is 5.92 Å².